The van der Waals surface area contributed by atoms with Crippen LogP contribution in [0, 0.1) is 0 Å². The van der Waals surface area contributed by atoms with Gasteiger partial charge in [-0.1, -0.05) is 58.8 Å². The molecule has 0 aliphatic carbocycles. The molecule has 12 heteroatoms. The van der Waals surface area contributed by atoms with Crippen molar-refractivity contribution < 1.29 is 24.5 Å². The van der Waals surface area contributed by atoms with Gasteiger partial charge in [0.25, 0.3) is 0 Å². The largest absolute Gasteiger partial charge is 0.494 e. The lowest BCUT2D eigenvalue weighted by Gasteiger charge is -2.29. The van der Waals surface area contributed by atoms with Crippen molar-refractivity contribution >= 4 is 17.6 Å². The van der Waals surface area contributed by atoms with E-state index in [4.69, 9.17) is 25.6 Å². The van der Waals surface area contributed by atoms with Crippen molar-refractivity contribution in [3.05, 3.63) is 116 Å². The van der Waals surface area contributed by atoms with Gasteiger partial charge in [0, 0.05) is 46.1 Å². The number of ether oxygens (including phenoxy) is 2. The number of rotatable bonds is 12. The van der Waals surface area contributed by atoms with Crippen molar-refractivity contribution in [2.45, 2.75) is 31.0 Å². The van der Waals surface area contributed by atoms with Crippen molar-refractivity contribution in [1.29, 1.82) is 0 Å². The summed E-state index contributed by atoms with van der Waals surface area (Å²) in [5, 5.41) is 27.0. The van der Waals surface area contributed by atoms with Crippen LogP contribution in [0.15, 0.2) is 88.0 Å². The molecule has 0 saturated carbocycles. The minimum absolute atomic E-state index is 0.0186. The molecular formula is C27H25N7O5. The predicted octanol–water partition coefficient (Wildman–Crippen LogP) is 5.78. The Balaban J connectivity index is 1.81. The zero-order chi connectivity index (χ0) is 27.7. The molecule has 1 aliphatic rings. The Labute approximate surface area is 223 Å². The molecule has 2 atom stereocenters. The highest BCUT2D eigenvalue weighted by Gasteiger charge is 2.54. The average Bonchev–Trinajstić information content (AvgIpc) is 3.34. The molecule has 0 amide bonds. The maximum atomic E-state index is 13.1. The van der Waals surface area contributed by atoms with Crippen LogP contribution in [0.1, 0.15) is 34.8 Å². The fraction of sp³-hybridized carbons (Fsp3) is 0.259. The van der Waals surface area contributed by atoms with E-state index in [0.717, 1.165) is 0 Å². The first kappa shape index (κ1) is 27.0. The van der Waals surface area contributed by atoms with E-state index in [1.807, 2.05) is 0 Å². The second-order valence-electron chi connectivity index (χ2n) is 8.68. The summed E-state index contributed by atoms with van der Waals surface area (Å²) in [6.07, 6.45) is -0.730. The van der Waals surface area contributed by atoms with Gasteiger partial charge in [-0.2, -0.15) is 0 Å². The van der Waals surface area contributed by atoms with Crippen molar-refractivity contribution in [3.63, 3.8) is 0 Å². The Morgan fingerprint density at radius 3 is 2.44 bits per heavy atom. The minimum atomic E-state index is -1.83. The van der Waals surface area contributed by atoms with Crippen molar-refractivity contribution in [3.8, 4) is 5.75 Å². The maximum absolute atomic E-state index is 13.1. The molecule has 0 aromatic heterocycles. The second-order valence-corrected chi connectivity index (χ2v) is 8.68. The van der Waals surface area contributed by atoms with Gasteiger partial charge in [-0.15, -0.1) is 0 Å². The van der Waals surface area contributed by atoms with E-state index in [2.05, 4.69) is 25.0 Å². The summed E-state index contributed by atoms with van der Waals surface area (Å²) in [6.45, 7) is 0.408. The van der Waals surface area contributed by atoms with Crippen LogP contribution in [0.2, 0.25) is 0 Å². The van der Waals surface area contributed by atoms with Gasteiger partial charge in [0.15, 0.2) is 6.10 Å². The van der Waals surface area contributed by atoms with Gasteiger partial charge >= 0.3 is 5.97 Å². The van der Waals surface area contributed by atoms with Crippen molar-refractivity contribution in [2.75, 3.05) is 13.2 Å². The van der Waals surface area contributed by atoms with Crippen LogP contribution >= 0.6 is 0 Å². The summed E-state index contributed by atoms with van der Waals surface area (Å²) in [7, 11) is 0. The van der Waals surface area contributed by atoms with Crippen LogP contribution in [0.3, 0.4) is 0 Å². The predicted molar refractivity (Wildman–Crippen MR) is 143 cm³/mol. The Morgan fingerprint density at radius 1 is 1.03 bits per heavy atom. The maximum Gasteiger partial charge on any atom is 0.336 e. The van der Waals surface area contributed by atoms with Crippen molar-refractivity contribution in [2.24, 2.45) is 15.2 Å². The third kappa shape index (κ3) is 5.94. The van der Waals surface area contributed by atoms with Gasteiger partial charge in [-0.05, 0) is 46.5 Å². The SMILES string of the molecule is [N-]=[N+]=NCc1ccccc1C[C@@]1(C(=O)O)N=C(c2ccc(OCCCO)cc2)O[C@@H]1c1ccccc1N=[N+]=[N-]. The van der Waals surface area contributed by atoms with Gasteiger partial charge in [-0.3, -0.25) is 0 Å². The Hall–Kier alpha value is -5.02. The number of aliphatic imine (C=N–C) groups is 1. The fourth-order valence-corrected chi connectivity index (χ4v) is 4.38. The molecule has 0 saturated heterocycles. The minimum Gasteiger partial charge on any atom is -0.494 e. The normalized spacial score (nSPS) is 17.8. The number of azide groups is 2. The van der Waals surface area contributed by atoms with Gasteiger partial charge < -0.3 is 19.7 Å². The van der Waals surface area contributed by atoms with E-state index in [1.165, 1.54) is 0 Å². The molecule has 1 heterocycles. The van der Waals surface area contributed by atoms with Crippen LogP contribution in [-0.4, -0.2) is 40.8 Å². The highest BCUT2D eigenvalue weighted by Crippen LogP contribution is 2.45. The summed E-state index contributed by atoms with van der Waals surface area (Å²) in [5.41, 5.74) is 18.5. The number of aliphatic hydroxyl groups is 1. The lowest BCUT2D eigenvalue weighted by atomic mass is 9.81. The molecule has 0 unspecified atom stereocenters. The van der Waals surface area contributed by atoms with E-state index in [-0.39, 0.29) is 31.2 Å². The summed E-state index contributed by atoms with van der Waals surface area (Å²) < 4.78 is 11.8. The van der Waals surface area contributed by atoms with E-state index in [1.54, 1.807) is 72.8 Å². The first-order valence-corrected chi connectivity index (χ1v) is 12.1. The molecule has 198 valence electrons. The number of carboxylic acids is 1. The van der Waals surface area contributed by atoms with E-state index in [0.29, 0.717) is 41.0 Å². The molecule has 2 N–H and O–H groups in total. The third-order valence-corrected chi connectivity index (χ3v) is 6.26. The first-order chi connectivity index (χ1) is 19.0. The second kappa shape index (κ2) is 12.5. The number of aliphatic carboxylic acids is 1. The van der Waals surface area contributed by atoms with Crippen LogP contribution in [-0.2, 0) is 22.5 Å². The van der Waals surface area contributed by atoms with E-state index in [9.17, 15) is 9.90 Å². The molecule has 0 bridgehead atoms. The molecular weight excluding hydrogens is 502 g/mol. The van der Waals surface area contributed by atoms with Crippen molar-refractivity contribution in [1.82, 2.24) is 0 Å². The number of aliphatic hydroxyl groups excluding tert-OH is 1. The first-order valence-electron chi connectivity index (χ1n) is 12.1. The molecule has 0 radical (unpaired) electrons. The zero-order valence-electron chi connectivity index (χ0n) is 20.8. The number of benzene rings is 3. The zero-order valence-corrected chi connectivity index (χ0v) is 20.8. The molecule has 4 rings (SSSR count). The number of hydrogen-bond acceptors (Lipinski definition) is 7. The molecule has 39 heavy (non-hydrogen) atoms. The van der Waals surface area contributed by atoms with Crippen LogP contribution in [0.4, 0.5) is 5.69 Å². The number of carboxylic acid groups (broad SMARTS) is 1. The summed E-state index contributed by atoms with van der Waals surface area (Å²) in [4.78, 5) is 23.4. The van der Waals surface area contributed by atoms with E-state index >= 15 is 0 Å². The molecule has 3 aromatic carbocycles. The summed E-state index contributed by atoms with van der Waals surface area (Å²) in [5.74, 6) is -0.555. The smallest absolute Gasteiger partial charge is 0.336 e. The molecule has 3 aromatic rings. The summed E-state index contributed by atoms with van der Waals surface area (Å²) >= 11 is 0. The molecule has 12 nitrogen and oxygen atoms in total. The van der Waals surface area contributed by atoms with E-state index < -0.39 is 17.6 Å². The van der Waals surface area contributed by atoms with Gasteiger partial charge in [-0.25, -0.2) is 9.79 Å². The molecule has 0 spiro atoms. The third-order valence-electron chi connectivity index (χ3n) is 6.26. The Morgan fingerprint density at radius 2 is 1.74 bits per heavy atom. The van der Waals surface area contributed by atoms with Gasteiger partial charge in [0.2, 0.25) is 11.4 Å². The number of carbonyl (C=O) groups is 1. The van der Waals surface area contributed by atoms with Gasteiger partial charge in [0.05, 0.1) is 13.2 Å². The highest BCUT2D eigenvalue weighted by atomic mass is 16.5. The summed E-state index contributed by atoms with van der Waals surface area (Å²) in [6, 6.07) is 20.5. The van der Waals surface area contributed by atoms with Crippen LogP contribution in [0.5, 0.6) is 5.75 Å². The lowest BCUT2D eigenvalue weighted by Crippen LogP contribution is -2.43. The van der Waals surface area contributed by atoms with Gasteiger partial charge in [0.1, 0.15) is 5.75 Å². The Bertz CT molecular complexity index is 1460. The highest BCUT2D eigenvalue weighted by molar-refractivity contribution is 5.99. The standard InChI is InChI=1S/C27H25N7O5/c28-33-30-17-20-7-2-1-6-19(20)16-27(26(36)37)24(22-8-3-4-9-23(22)32-34-29)39-25(31-27)18-10-12-21(13-11-18)38-15-5-14-35/h1-4,6-13,24,35H,5,14-17H2,(H,36,37)/t24-,27-/m1/s1. The number of hydrogen-bond donors (Lipinski definition) is 2. The quantitative estimate of drug-likeness (QED) is 0.130. The van der Waals surface area contributed by atoms with Crippen LogP contribution < -0.4 is 4.74 Å². The van der Waals surface area contributed by atoms with Crippen LogP contribution in [0.25, 0.3) is 20.9 Å². The molecule has 1 aliphatic heterocycles. The number of nitrogens with zero attached hydrogens (tertiary/aromatic N) is 7. The average molecular weight is 528 g/mol. The molecule has 0 fully saturated rings. The fourth-order valence-electron chi connectivity index (χ4n) is 4.38. The topological polar surface area (TPSA) is 186 Å². The lowest BCUT2D eigenvalue weighted by molar-refractivity contribution is -0.146. The Kier molecular flexibility index (Phi) is 8.65. The monoisotopic (exact) mass is 527 g/mol.